The Labute approximate surface area is 167 Å². The molecule has 1 N–H and O–H groups in total. The molecule has 2 fully saturated rings. The van der Waals surface area contributed by atoms with E-state index in [4.69, 9.17) is 4.74 Å². The highest BCUT2D eigenvalue weighted by Crippen LogP contribution is 2.12. The largest absolute Gasteiger partial charge is 0.379 e. The van der Waals surface area contributed by atoms with Crippen LogP contribution in [-0.2, 0) is 21.3 Å². The van der Waals surface area contributed by atoms with Gasteiger partial charge < -0.3 is 10.1 Å². The molecular formula is C19H30N4O4S. The molecule has 0 aromatic heterocycles. The average molecular weight is 411 g/mol. The van der Waals surface area contributed by atoms with Crippen LogP contribution in [0.3, 0.4) is 0 Å². The molecule has 0 atom stereocenters. The highest BCUT2D eigenvalue weighted by Gasteiger charge is 2.23. The fourth-order valence-corrected chi connectivity index (χ4v) is 4.37. The minimum absolute atomic E-state index is 0.0583. The summed E-state index contributed by atoms with van der Waals surface area (Å²) in [5.74, 6) is -0.0583. The van der Waals surface area contributed by atoms with Crippen molar-refractivity contribution in [2.24, 2.45) is 0 Å². The predicted octanol–water partition coefficient (Wildman–Crippen LogP) is -0.174. The number of ether oxygens (including phenoxy) is 1. The van der Waals surface area contributed by atoms with E-state index < -0.39 is 10.0 Å². The van der Waals surface area contributed by atoms with Gasteiger partial charge in [0.25, 0.3) is 5.91 Å². The lowest BCUT2D eigenvalue weighted by Crippen LogP contribution is -2.47. The molecule has 1 amide bonds. The second-order valence-electron chi connectivity index (χ2n) is 7.35. The third-order valence-corrected chi connectivity index (χ3v) is 6.52. The zero-order valence-electron chi connectivity index (χ0n) is 16.5. The monoisotopic (exact) mass is 410 g/mol. The third-order valence-electron chi connectivity index (χ3n) is 5.21. The van der Waals surface area contributed by atoms with Crippen molar-refractivity contribution in [2.45, 2.75) is 6.54 Å². The second kappa shape index (κ2) is 9.80. The number of piperazine rings is 1. The van der Waals surface area contributed by atoms with E-state index in [-0.39, 0.29) is 5.91 Å². The third kappa shape index (κ3) is 6.25. The summed E-state index contributed by atoms with van der Waals surface area (Å²) < 4.78 is 30.1. The predicted molar refractivity (Wildman–Crippen MR) is 108 cm³/mol. The number of hydrogen-bond donors (Lipinski definition) is 1. The number of sulfonamides is 1. The number of benzene rings is 1. The van der Waals surface area contributed by atoms with Crippen molar-refractivity contribution in [3.05, 3.63) is 35.4 Å². The summed E-state index contributed by atoms with van der Waals surface area (Å²) in [6.45, 7) is 7.94. The van der Waals surface area contributed by atoms with Crippen LogP contribution >= 0.6 is 0 Å². The lowest BCUT2D eigenvalue weighted by Gasteiger charge is -2.33. The van der Waals surface area contributed by atoms with E-state index in [0.717, 1.165) is 38.4 Å². The smallest absolute Gasteiger partial charge is 0.251 e. The molecule has 0 unspecified atom stereocenters. The molecule has 2 aliphatic rings. The minimum atomic E-state index is -3.11. The molecule has 0 bridgehead atoms. The molecule has 2 aliphatic heterocycles. The first-order valence-corrected chi connectivity index (χ1v) is 11.6. The maximum atomic E-state index is 12.4. The SMILES string of the molecule is CS(=O)(=O)N1CCN(Cc2cccc(C(=O)NCCN3CCOCC3)c2)CC1. The normalized spacial score (nSPS) is 20.2. The fourth-order valence-electron chi connectivity index (χ4n) is 3.54. The Bertz CT molecular complexity index is 757. The number of morpholine rings is 1. The molecule has 0 spiro atoms. The van der Waals surface area contributed by atoms with Crippen LogP contribution in [0.1, 0.15) is 15.9 Å². The van der Waals surface area contributed by atoms with Crippen molar-refractivity contribution in [3.8, 4) is 0 Å². The van der Waals surface area contributed by atoms with Crippen molar-refractivity contribution in [1.29, 1.82) is 0 Å². The molecule has 3 rings (SSSR count). The summed E-state index contributed by atoms with van der Waals surface area (Å²) in [5, 5.41) is 2.99. The Kier molecular flexibility index (Phi) is 7.42. The molecule has 0 radical (unpaired) electrons. The lowest BCUT2D eigenvalue weighted by molar-refractivity contribution is 0.0383. The highest BCUT2D eigenvalue weighted by molar-refractivity contribution is 7.88. The first-order valence-electron chi connectivity index (χ1n) is 9.76. The molecule has 28 heavy (non-hydrogen) atoms. The van der Waals surface area contributed by atoms with Gasteiger partial charge in [0.05, 0.1) is 19.5 Å². The van der Waals surface area contributed by atoms with Crippen molar-refractivity contribution < 1.29 is 17.9 Å². The fraction of sp³-hybridized carbons (Fsp3) is 0.632. The van der Waals surface area contributed by atoms with Gasteiger partial charge in [-0.05, 0) is 17.7 Å². The van der Waals surface area contributed by atoms with Crippen LogP contribution in [0.5, 0.6) is 0 Å². The molecule has 156 valence electrons. The highest BCUT2D eigenvalue weighted by atomic mass is 32.2. The van der Waals surface area contributed by atoms with Gasteiger partial charge in [0.15, 0.2) is 0 Å². The van der Waals surface area contributed by atoms with Gasteiger partial charge >= 0.3 is 0 Å². The maximum Gasteiger partial charge on any atom is 0.251 e. The summed E-state index contributed by atoms with van der Waals surface area (Å²) in [7, 11) is -3.11. The van der Waals surface area contributed by atoms with E-state index in [1.165, 1.54) is 10.6 Å². The van der Waals surface area contributed by atoms with E-state index in [1.807, 2.05) is 24.3 Å². The van der Waals surface area contributed by atoms with Gasteiger partial charge in [-0.2, -0.15) is 4.31 Å². The molecule has 8 nitrogen and oxygen atoms in total. The van der Waals surface area contributed by atoms with E-state index in [9.17, 15) is 13.2 Å². The van der Waals surface area contributed by atoms with E-state index in [1.54, 1.807) is 0 Å². The minimum Gasteiger partial charge on any atom is -0.379 e. The average Bonchev–Trinajstić information content (AvgIpc) is 2.69. The summed E-state index contributed by atoms with van der Waals surface area (Å²) in [6, 6.07) is 7.66. The second-order valence-corrected chi connectivity index (χ2v) is 9.33. The molecule has 2 heterocycles. The van der Waals surface area contributed by atoms with Crippen molar-refractivity contribution in [1.82, 2.24) is 19.4 Å². The van der Waals surface area contributed by atoms with Gasteiger partial charge in [0, 0.05) is 64.5 Å². The lowest BCUT2D eigenvalue weighted by atomic mass is 10.1. The van der Waals surface area contributed by atoms with Gasteiger partial charge in [-0.25, -0.2) is 8.42 Å². The molecule has 0 saturated carbocycles. The van der Waals surface area contributed by atoms with Crippen LogP contribution in [0.2, 0.25) is 0 Å². The topological polar surface area (TPSA) is 82.2 Å². The van der Waals surface area contributed by atoms with Gasteiger partial charge in [0.2, 0.25) is 10.0 Å². The van der Waals surface area contributed by atoms with Gasteiger partial charge in [-0.3, -0.25) is 14.6 Å². The molecule has 1 aromatic rings. The standard InChI is InChI=1S/C19H30N4O4S/c1-28(25,26)23-9-7-22(8-10-23)16-17-3-2-4-18(15-17)19(24)20-5-6-21-11-13-27-14-12-21/h2-4,15H,5-14,16H2,1H3,(H,20,24). The van der Waals surface area contributed by atoms with Crippen molar-refractivity contribution in [2.75, 3.05) is 71.8 Å². The number of hydrogen-bond acceptors (Lipinski definition) is 6. The van der Waals surface area contributed by atoms with Crippen LogP contribution in [0, 0.1) is 0 Å². The van der Waals surface area contributed by atoms with E-state index in [2.05, 4.69) is 15.1 Å². The zero-order valence-corrected chi connectivity index (χ0v) is 17.3. The zero-order chi connectivity index (χ0) is 20.0. The quantitative estimate of drug-likeness (QED) is 0.672. The summed E-state index contributed by atoms with van der Waals surface area (Å²) in [5.41, 5.74) is 1.72. The van der Waals surface area contributed by atoms with Crippen molar-refractivity contribution >= 4 is 15.9 Å². The summed E-state index contributed by atoms with van der Waals surface area (Å²) in [6.07, 6.45) is 1.25. The Morgan fingerprint density at radius 2 is 1.79 bits per heavy atom. The Hall–Kier alpha value is -1.52. The van der Waals surface area contributed by atoms with Gasteiger partial charge in [-0.15, -0.1) is 0 Å². The number of rotatable bonds is 7. The van der Waals surface area contributed by atoms with Crippen LogP contribution in [-0.4, -0.2) is 100 Å². The maximum absolute atomic E-state index is 12.4. The molecule has 9 heteroatoms. The molecule has 1 aromatic carbocycles. The molecular weight excluding hydrogens is 380 g/mol. The number of amides is 1. The number of carbonyl (C=O) groups is 1. The number of nitrogens with one attached hydrogen (secondary N) is 1. The molecule has 0 aliphatic carbocycles. The number of nitrogens with zero attached hydrogens (tertiary/aromatic N) is 3. The Morgan fingerprint density at radius 3 is 2.46 bits per heavy atom. The van der Waals surface area contributed by atoms with E-state index in [0.29, 0.717) is 44.8 Å². The first kappa shape index (κ1) is 21.2. The van der Waals surface area contributed by atoms with Gasteiger partial charge in [-0.1, -0.05) is 12.1 Å². The summed E-state index contributed by atoms with van der Waals surface area (Å²) >= 11 is 0. The first-order chi connectivity index (χ1) is 13.4. The van der Waals surface area contributed by atoms with Crippen LogP contribution in [0.15, 0.2) is 24.3 Å². The Morgan fingerprint density at radius 1 is 1.07 bits per heavy atom. The van der Waals surface area contributed by atoms with Crippen LogP contribution in [0.25, 0.3) is 0 Å². The number of carbonyl (C=O) groups excluding carboxylic acids is 1. The van der Waals surface area contributed by atoms with E-state index >= 15 is 0 Å². The van der Waals surface area contributed by atoms with Gasteiger partial charge in [0.1, 0.15) is 0 Å². The van der Waals surface area contributed by atoms with Crippen molar-refractivity contribution in [3.63, 3.8) is 0 Å². The molecule has 2 saturated heterocycles. The Balaban J connectivity index is 1.46. The summed E-state index contributed by atoms with van der Waals surface area (Å²) in [4.78, 5) is 17.0. The van der Waals surface area contributed by atoms with Crippen LogP contribution in [0.4, 0.5) is 0 Å². The van der Waals surface area contributed by atoms with Crippen LogP contribution < -0.4 is 5.32 Å².